The molecule has 2 N–H and O–H groups in total. The normalized spacial score (nSPS) is 12.8. The fraction of sp³-hybridized carbons (Fsp3) is 0.909. The summed E-state index contributed by atoms with van der Waals surface area (Å²) in [6, 6.07) is -0.596. The summed E-state index contributed by atoms with van der Waals surface area (Å²) in [6.45, 7) is 7.41. The van der Waals surface area contributed by atoms with Crippen molar-refractivity contribution in [1.29, 1.82) is 0 Å². The van der Waals surface area contributed by atoms with Gasteiger partial charge in [0.2, 0.25) is 0 Å². The molecule has 96 valence electrons. The van der Waals surface area contributed by atoms with Crippen molar-refractivity contribution in [3.63, 3.8) is 0 Å². The minimum Gasteiger partial charge on any atom is -0.468 e. The van der Waals surface area contributed by atoms with Gasteiger partial charge in [0, 0.05) is 0 Å². The van der Waals surface area contributed by atoms with Gasteiger partial charge in [-0.1, -0.05) is 13.8 Å². The molecule has 0 fully saturated rings. The summed E-state index contributed by atoms with van der Waals surface area (Å²) in [5, 5.41) is 8.77. The van der Waals surface area contributed by atoms with E-state index in [0.717, 1.165) is 32.5 Å². The molecule has 5 nitrogen and oxygen atoms in total. The molecular weight excluding hydrogens is 208 g/mol. The first-order valence-electron chi connectivity index (χ1n) is 5.89. The van der Waals surface area contributed by atoms with Crippen LogP contribution in [0, 0.1) is 0 Å². The Morgan fingerprint density at radius 1 is 1.38 bits per heavy atom. The summed E-state index contributed by atoms with van der Waals surface area (Å²) in [4.78, 5) is 13.5. The number of nitrogens with zero attached hydrogens (tertiary/aromatic N) is 1. The number of hydrogen-bond donors (Lipinski definition) is 2. The van der Waals surface area contributed by atoms with E-state index < -0.39 is 12.0 Å². The second kappa shape index (κ2) is 9.57. The number of methoxy groups -OCH3 is 1. The highest BCUT2D eigenvalue weighted by Gasteiger charge is 2.17. The highest BCUT2D eigenvalue weighted by molar-refractivity contribution is 5.75. The molecule has 0 spiro atoms. The summed E-state index contributed by atoms with van der Waals surface area (Å²) in [7, 11) is 1.32. The van der Waals surface area contributed by atoms with Gasteiger partial charge in [-0.25, -0.2) is 0 Å². The highest BCUT2D eigenvalue weighted by Crippen LogP contribution is 2.03. The predicted octanol–water partition coefficient (Wildman–Crippen LogP) is 1.02. The quantitative estimate of drug-likeness (QED) is 0.353. The van der Waals surface area contributed by atoms with E-state index in [2.05, 4.69) is 23.5 Å². The molecule has 16 heavy (non-hydrogen) atoms. The van der Waals surface area contributed by atoms with Gasteiger partial charge in [0.25, 0.3) is 0 Å². The van der Waals surface area contributed by atoms with Crippen molar-refractivity contribution in [2.75, 3.05) is 26.7 Å². The molecule has 0 aliphatic carbocycles. The van der Waals surface area contributed by atoms with Crippen molar-refractivity contribution in [2.45, 2.75) is 39.2 Å². The molecule has 0 aliphatic rings. The standard InChI is InChI=1S/C11H24N2O3/c1-4-13(5-2)9-7-6-8-10(12-15)11(14)16-3/h10,12,15H,4-9H2,1-3H3/t10-/m0/s1. The van der Waals surface area contributed by atoms with Gasteiger partial charge in [-0.05, 0) is 38.9 Å². The Hall–Kier alpha value is -0.650. The van der Waals surface area contributed by atoms with Crippen LogP contribution in [0.4, 0.5) is 0 Å². The Morgan fingerprint density at radius 3 is 2.44 bits per heavy atom. The number of carbonyl (C=O) groups excluding carboxylic acids is 1. The molecule has 0 bridgehead atoms. The van der Waals surface area contributed by atoms with Gasteiger partial charge in [0.1, 0.15) is 6.04 Å². The molecule has 0 aromatic heterocycles. The summed E-state index contributed by atoms with van der Waals surface area (Å²) >= 11 is 0. The van der Waals surface area contributed by atoms with Gasteiger partial charge in [0.05, 0.1) is 7.11 Å². The fourth-order valence-corrected chi connectivity index (χ4v) is 1.60. The summed E-state index contributed by atoms with van der Waals surface area (Å²) in [5.41, 5.74) is 1.98. The van der Waals surface area contributed by atoms with Crippen molar-refractivity contribution >= 4 is 5.97 Å². The first-order valence-corrected chi connectivity index (χ1v) is 5.89. The second-order valence-electron chi connectivity index (χ2n) is 3.73. The molecule has 0 rings (SSSR count). The monoisotopic (exact) mass is 232 g/mol. The lowest BCUT2D eigenvalue weighted by atomic mass is 10.1. The van der Waals surface area contributed by atoms with E-state index in [4.69, 9.17) is 5.21 Å². The summed E-state index contributed by atoms with van der Waals surface area (Å²) in [5.74, 6) is -0.412. The van der Waals surface area contributed by atoms with Crippen molar-refractivity contribution in [2.24, 2.45) is 0 Å². The van der Waals surface area contributed by atoms with E-state index in [-0.39, 0.29) is 0 Å². The van der Waals surface area contributed by atoms with Crippen LogP contribution in [-0.4, -0.2) is 48.9 Å². The number of esters is 1. The lowest BCUT2D eigenvalue weighted by molar-refractivity contribution is -0.146. The van der Waals surface area contributed by atoms with E-state index in [0.29, 0.717) is 6.42 Å². The van der Waals surface area contributed by atoms with Gasteiger partial charge in [-0.15, -0.1) is 0 Å². The first kappa shape index (κ1) is 15.3. The topological polar surface area (TPSA) is 61.8 Å². The van der Waals surface area contributed by atoms with E-state index in [9.17, 15) is 4.79 Å². The second-order valence-corrected chi connectivity index (χ2v) is 3.73. The molecule has 0 saturated carbocycles. The maximum atomic E-state index is 11.1. The minimum absolute atomic E-state index is 0.412. The van der Waals surface area contributed by atoms with Crippen LogP contribution >= 0.6 is 0 Å². The average Bonchev–Trinajstić information content (AvgIpc) is 2.33. The van der Waals surface area contributed by atoms with Crippen molar-refractivity contribution in [3.8, 4) is 0 Å². The van der Waals surface area contributed by atoms with Gasteiger partial charge < -0.3 is 14.8 Å². The number of rotatable bonds is 9. The SMILES string of the molecule is CCN(CC)CCCC[C@H](NO)C(=O)OC. The van der Waals surface area contributed by atoms with Gasteiger partial charge in [0.15, 0.2) is 0 Å². The highest BCUT2D eigenvalue weighted by atomic mass is 16.5. The Bertz CT molecular complexity index is 184. The van der Waals surface area contributed by atoms with Gasteiger partial charge >= 0.3 is 5.97 Å². The van der Waals surface area contributed by atoms with E-state index >= 15 is 0 Å². The van der Waals surface area contributed by atoms with Crippen molar-refractivity contribution in [1.82, 2.24) is 10.4 Å². The number of ether oxygens (including phenoxy) is 1. The van der Waals surface area contributed by atoms with Crippen LogP contribution < -0.4 is 5.48 Å². The van der Waals surface area contributed by atoms with Crippen LogP contribution in [0.1, 0.15) is 33.1 Å². The smallest absolute Gasteiger partial charge is 0.325 e. The third-order valence-corrected chi connectivity index (χ3v) is 2.75. The average molecular weight is 232 g/mol. The van der Waals surface area contributed by atoms with Crippen molar-refractivity contribution < 1.29 is 14.7 Å². The largest absolute Gasteiger partial charge is 0.468 e. The van der Waals surface area contributed by atoms with E-state index in [1.165, 1.54) is 7.11 Å². The van der Waals surface area contributed by atoms with E-state index in [1.54, 1.807) is 0 Å². The molecule has 0 heterocycles. The lowest BCUT2D eigenvalue weighted by Crippen LogP contribution is -2.35. The molecule has 5 heteroatoms. The summed E-state index contributed by atoms with van der Waals surface area (Å²) in [6.07, 6.45) is 2.52. The number of hydroxylamine groups is 1. The van der Waals surface area contributed by atoms with E-state index in [1.807, 2.05) is 5.48 Å². The van der Waals surface area contributed by atoms with Crippen LogP contribution in [-0.2, 0) is 9.53 Å². The maximum Gasteiger partial charge on any atom is 0.325 e. The molecule has 1 atom stereocenters. The third-order valence-electron chi connectivity index (χ3n) is 2.75. The van der Waals surface area contributed by atoms with Gasteiger partial charge in [-0.3, -0.25) is 4.79 Å². The Balaban J connectivity index is 3.66. The van der Waals surface area contributed by atoms with Crippen molar-refractivity contribution in [3.05, 3.63) is 0 Å². The Labute approximate surface area is 97.7 Å². The molecule has 0 saturated heterocycles. The Morgan fingerprint density at radius 2 is 2.00 bits per heavy atom. The first-order chi connectivity index (χ1) is 7.69. The molecule has 0 amide bonds. The van der Waals surface area contributed by atoms with Crippen LogP contribution in [0.3, 0.4) is 0 Å². The van der Waals surface area contributed by atoms with Crippen LogP contribution in [0.15, 0.2) is 0 Å². The van der Waals surface area contributed by atoms with Crippen LogP contribution in [0.5, 0.6) is 0 Å². The molecule has 0 aromatic carbocycles. The third kappa shape index (κ3) is 6.05. The zero-order valence-corrected chi connectivity index (χ0v) is 10.5. The number of carbonyl (C=O) groups is 1. The fourth-order valence-electron chi connectivity index (χ4n) is 1.60. The zero-order valence-electron chi connectivity index (χ0n) is 10.5. The molecule has 0 aliphatic heterocycles. The lowest BCUT2D eigenvalue weighted by Gasteiger charge is -2.18. The zero-order chi connectivity index (χ0) is 12.4. The van der Waals surface area contributed by atoms with Crippen LogP contribution in [0.2, 0.25) is 0 Å². The predicted molar refractivity (Wildman–Crippen MR) is 62.4 cm³/mol. The number of unbranched alkanes of at least 4 members (excludes halogenated alkanes) is 1. The minimum atomic E-state index is -0.596. The number of nitrogens with one attached hydrogen (secondary N) is 1. The van der Waals surface area contributed by atoms with Gasteiger partial charge in [-0.2, -0.15) is 5.48 Å². The van der Waals surface area contributed by atoms with Crippen LogP contribution in [0.25, 0.3) is 0 Å². The molecule has 0 radical (unpaired) electrons. The maximum absolute atomic E-state index is 11.1. The number of hydrogen-bond acceptors (Lipinski definition) is 5. The summed E-state index contributed by atoms with van der Waals surface area (Å²) < 4.78 is 4.55. The molecule has 0 unspecified atom stereocenters. The Kier molecular flexibility index (Phi) is 9.18. The molecular formula is C11H24N2O3. The molecule has 0 aromatic rings.